The lowest BCUT2D eigenvalue weighted by Gasteiger charge is -2.15. The number of ether oxygens (including phenoxy) is 1. The van der Waals surface area contributed by atoms with Crippen molar-refractivity contribution in [2.24, 2.45) is 5.73 Å². The fourth-order valence-corrected chi connectivity index (χ4v) is 2.08. The first-order valence-electron chi connectivity index (χ1n) is 6.70. The van der Waals surface area contributed by atoms with E-state index >= 15 is 0 Å². The molecular formula is C17H20FNO. The van der Waals surface area contributed by atoms with Gasteiger partial charge in [0, 0.05) is 6.04 Å². The summed E-state index contributed by atoms with van der Waals surface area (Å²) in [4.78, 5) is 0. The second-order valence-corrected chi connectivity index (χ2v) is 5.23. The first-order chi connectivity index (χ1) is 9.40. The summed E-state index contributed by atoms with van der Waals surface area (Å²) < 4.78 is 19.8. The number of halogens is 1. The Morgan fingerprint density at radius 1 is 1.05 bits per heavy atom. The van der Waals surface area contributed by atoms with Gasteiger partial charge in [0.1, 0.15) is 5.75 Å². The predicted octanol–water partition coefficient (Wildman–Crippen LogP) is 4.56. The molecule has 2 N–H and O–H groups in total. The summed E-state index contributed by atoms with van der Waals surface area (Å²) in [6.07, 6.45) is 0. The molecule has 0 aliphatic carbocycles. The Bertz CT molecular complexity index is 635. The van der Waals surface area contributed by atoms with Gasteiger partial charge in [-0.2, -0.15) is 0 Å². The Balaban J connectivity index is 2.38. The molecule has 2 rings (SSSR count). The lowest BCUT2D eigenvalue weighted by Crippen LogP contribution is -2.05. The quantitative estimate of drug-likeness (QED) is 0.889. The van der Waals surface area contributed by atoms with Crippen LogP contribution in [0.2, 0.25) is 0 Å². The summed E-state index contributed by atoms with van der Waals surface area (Å²) >= 11 is 0. The van der Waals surface area contributed by atoms with E-state index in [1.807, 2.05) is 39.8 Å². The van der Waals surface area contributed by atoms with Gasteiger partial charge < -0.3 is 10.5 Å². The molecule has 0 unspecified atom stereocenters. The third-order valence-electron chi connectivity index (χ3n) is 3.57. The van der Waals surface area contributed by atoms with Gasteiger partial charge in [0.15, 0.2) is 11.6 Å². The topological polar surface area (TPSA) is 35.2 Å². The summed E-state index contributed by atoms with van der Waals surface area (Å²) in [5.74, 6) is 0.559. The fourth-order valence-electron chi connectivity index (χ4n) is 2.08. The molecule has 0 saturated carbocycles. The van der Waals surface area contributed by atoms with Gasteiger partial charge in [0.25, 0.3) is 0 Å². The summed E-state index contributed by atoms with van der Waals surface area (Å²) in [7, 11) is 0. The van der Waals surface area contributed by atoms with Crippen LogP contribution in [0.15, 0.2) is 30.3 Å². The van der Waals surface area contributed by atoms with E-state index in [9.17, 15) is 4.39 Å². The highest BCUT2D eigenvalue weighted by Gasteiger charge is 2.12. The van der Waals surface area contributed by atoms with Crippen LogP contribution in [0.5, 0.6) is 11.5 Å². The molecule has 0 saturated heterocycles. The van der Waals surface area contributed by atoms with Crippen LogP contribution < -0.4 is 10.5 Å². The van der Waals surface area contributed by atoms with Crippen LogP contribution in [-0.2, 0) is 0 Å². The Hall–Kier alpha value is -1.87. The van der Waals surface area contributed by atoms with E-state index in [1.54, 1.807) is 12.1 Å². The normalized spacial score (nSPS) is 12.3. The molecule has 3 heteroatoms. The Morgan fingerprint density at radius 3 is 2.30 bits per heavy atom. The largest absolute Gasteiger partial charge is 0.454 e. The van der Waals surface area contributed by atoms with Gasteiger partial charge in [-0.15, -0.1) is 0 Å². The molecule has 0 heterocycles. The Morgan fingerprint density at radius 2 is 1.70 bits per heavy atom. The van der Waals surface area contributed by atoms with Crippen molar-refractivity contribution in [3.8, 4) is 11.5 Å². The fraction of sp³-hybridized carbons (Fsp3) is 0.294. The maximum absolute atomic E-state index is 14.1. The standard InChI is InChI=1S/C17H20FNO/c1-10-5-6-11(2)17(12(10)3)20-16-8-7-14(13(4)19)9-15(16)18/h5-9,13H,19H2,1-4H3/t13-/m0/s1. The minimum absolute atomic E-state index is 0.194. The molecule has 20 heavy (non-hydrogen) atoms. The Kier molecular flexibility index (Phi) is 4.09. The van der Waals surface area contributed by atoms with Crippen molar-refractivity contribution in [2.75, 3.05) is 0 Å². The van der Waals surface area contributed by atoms with Gasteiger partial charge in [-0.05, 0) is 62.1 Å². The van der Waals surface area contributed by atoms with E-state index in [0.717, 1.165) is 28.0 Å². The number of hydrogen-bond donors (Lipinski definition) is 1. The molecule has 0 spiro atoms. The molecule has 0 radical (unpaired) electrons. The van der Waals surface area contributed by atoms with Crippen molar-refractivity contribution in [1.82, 2.24) is 0 Å². The SMILES string of the molecule is Cc1ccc(C)c(Oc2ccc([C@H](C)N)cc2F)c1C. The van der Waals surface area contributed by atoms with Crippen LogP contribution >= 0.6 is 0 Å². The molecule has 0 fully saturated rings. The van der Waals surface area contributed by atoms with Crippen LogP contribution in [0.1, 0.15) is 35.2 Å². The molecule has 0 aliphatic heterocycles. The van der Waals surface area contributed by atoms with Crippen LogP contribution in [-0.4, -0.2) is 0 Å². The highest BCUT2D eigenvalue weighted by molar-refractivity contribution is 5.47. The summed E-state index contributed by atoms with van der Waals surface area (Å²) in [5.41, 5.74) is 9.64. The molecular weight excluding hydrogens is 253 g/mol. The van der Waals surface area contributed by atoms with E-state index in [4.69, 9.17) is 10.5 Å². The lowest BCUT2D eigenvalue weighted by molar-refractivity contribution is 0.435. The number of hydrogen-bond acceptors (Lipinski definition) is 2. The van der Waals surface area contributed by atoms with Crippen LogP contribution in [0.25, 0.3) is 0 Å². The van der Waals surface area contributed by atoms with E-state index in [2.05, 4.69) is 0 Å². The van der Waals surface area contributed by atoms with Crippen LogP contribution in [0.4, 0.5) is 4.39 Å². The summed E-state index contributed by atoms with van der Waals surface area (Å²) in [6.45, 7) is 7.77. The molecule has 0 aliphatic rings. The third-order valence-corrected chi connectivity index (χ3v) is 3.57. The zero-order chi connectivity index (χ0) is 14.9. The van der Waals surface area contributed by atoms with E-state index in [-0.39, 0.29) is 17.6 Å². The van der Waals surface area contributed by atoms with Crippen molar-refractivity contribution >= 4 is 0 Å². The van der Waals surface area contributed by atoms with Crippen LogP contribution in [0.3, 0.4) is 0 Å². The van der Waals surface area contributed by atoms with Gasteiger partial charge in [0.2, 0.25) is 0 Å². The predicted molar refractivity (Wildman–Crippen MR) is 79.7 cm³/mol. The molecule has 0 amide bonds. The first kappa shape index (κ1) is 14.5. The van der Waals surface area contributed by atoms with Crippen molar-refractivity contribution in [3.05, 3.63) is 58.4 Å². The molecule has 0 aromatic heterocycles. The number of benzene rings is 2. The van der Waals surface area contributed by atoms with Crippen molar-refractivity contribution in [1.29, 1.82) is 0 Å². The molecule has 0 bridgehead atoms. The van der Waals surface area contributed by atoms with Gasteiger partial charge in [-0.3, -0.25) is 0 Å². The average molecular weight is 273 g/mol. The molecule has 2 aromatic carbocycles. The number of nitrogens with two attached hydrogens (primary N) is 1. The maximum Gasteiger partial charge on any atom is 0.166 e. The maximum atomic E-state index is 14.1. The minimum Gasteiger partial charge on any atom is -0.454 e. The second-order valence-electron chi connectivity index (χ2n) is 5.23. The Labute approximate surface area is 119 Å². The number of rotatable bonds is 3. The molecule has 106 valence electrons. The molecule has 2 aromatic rings. The summed E-state index contributed by atoms with van der Waals surface area (Å²) in [5, 5.41) is 0. The first-order valence-corrected chi connectivity index (χ1v) is 6.70. The van der Waals surface area contributed by atoms with Crippen LogP contribution in [0, 0.1) is 26.6 Å². The monoisotopic (exact) mass is 273 g/mol. The lowest BCUT2D eigenvalue weighted by atomic mass is 10.1. The zero-order valence-corrected chi connectivity index (χ0v) is 12.3. The van der Waals surface area contributed by atoms with Gasteiger partial charge >= 0.3 is 0 Å². The highest BCUT2D eigenvalue weighted by atomic mass is 19.1. The number of aryl methyl sites for hydroxylation is 2. The smallest absolute Gasteiger partial charge is 0.166 e. The third kappa shape index (κ3) is 2.83. The van der Waals surface area contributed by atoms with E-state index < -0.39 is 0 Å². The summed E-state index contributed by atoms with van der Waals surface area (Å²) in [6, 6.07) is 8.68. The molecule has 1 atom stereocenters. The zero-order valence-electron chi connectivity index (χ0n) is 12.3. The average Bonchev–Trinajstić information content (AvgIpc) is 2.40. The van der Waals surface area contributed by atoms with Crippen molar-refractivity contribution in [3.63, 3.8) is 0 Å². The van der Waals surface area contributed by atoms with Gasteiger partial charge in [0.05, 0.1) is 0 Å². The highest BCUT2D eigenvalue weighted by Crippen LogP contribution is 2.32. The van der Waals surface area contributed by atoms with Gasteiger partial charge in [-0.1, -0.05) is 18.2 Å². The second kappa shape index (κ2) is 5.63. The minimum atomic E-state index is -0.389. The van der Waals surface area contributed by atoms with Crippen molar-refractivity contribution in [2.45, 2.75) is 33.7 Å². The molecule has 2 nitrogen and oxygen atoms in total. The van der Waals surface area contributed by atoms with Crippen molar-refractivity contribution < 1.29 is 9.13 Å². The van der Waals surface area contributed by atoms with E-state index in [0.29, 0.717) is 0 Å². The van der Waals surface area contributed by atoms with Gasteiger partial charge in [-0.25, -0.2) is 4.39 Å². The van der Waals surface area contributed by atoms with E-state index in [1.165, 1.54) is 6.07 Å².